The predicted octanol–water partition coefficient (Wildman–Crippen LogP) is 3.27. The molecule has 2 N–H and O–H groups in total. The van der Waals surface area contributed by atoms with Crippen LogP contribution in [0.15, 0.2) is 57.9 Å². The molecule has 0 spiro atoms. The molecule has 4 rings (SSSR count). The number of benzene rings is 1. The molecule has 6 nitrogen and oxygen atoms in total. The minimum atomic E-state index is -0.703. The van der Waals surface area contributed by atoms with E-state index in [1.165, 1.54) is 30.5 Å². The van der Waals surface area contributed by atoms with Gasteiger partial charge in [-0.2, -0.15) is 0 Å². The summed E-state index contributed by atoms with van der Waals surface area (Å²) >= 11 is 0. The Morgan fingerprint density at radius 3 is 2.74 bits per heavy atom. The Morgan fingerprint density at radius 2 is 2.00 bits per heavy atom. The summed E-state index contributed by atoms with van der Waals surface area (Å²) in [6, 6.07) is 10.2. The number of halogens is 1. The average Bonchev–Trinajstić information content (AvgIpc) is 3.15. The first-order valence-electron chi connectivity index (χ1n) is 8.41. The predicted molar refractivity (Wildman–Crippen MR) is 95.5 cm³/mol. The van der Waals surface area contributed by atoms with Crippen LogP contribution in [0.1, 0.15) is 44.5 Å². The van der Waals surface area contributed by atoms with Crippen molar-refractivity contribution in [2.45, 2.75) is 18.8 Å². The van der Waals surface area contributed by atoms with Crippen molar-refractivity contribution in [1.82, 2.24) is 4.98 Å². The number of amides is 1. The highest BCUT2D eigenvalue weighted by atomic mass is 19.1. The van der Waals surface area contributed by atoms with Crippen molar-refractivity contribution >= 4 is 17.4 Å². The second kappa shape index (κ2) is 6.68. The number of hydrogen-bond donors (Lipinski definition) is 2. The summed E-state index contributed by atoms with van der Waals surface area (Å²) in [6.45, 7) is 0. The second-order valence-corrected chi connectivity index (χ2v) is 6.41. The fourth-order valence-electron chi connectivity index (χ4n) is 3.29. The Bertz CT molecular complexity index is 1090. The molecule has 1 amide bonds. The third-order valence-corrected chi connectivity index (χ3v) is 4.58. The zero-order valence-electron chi connectivity index (χ0n) is 14.1. The van der Waals surface area contributed by atoms with Crippen molar-refractivity contribution in [1.29, 1.82) is 0 Å². The van der Waals surface area contributed by atoms with Crippen LogP contribution in [-0.4, -0.2) is 16.7 Å². The summed E-state index contributed by atoms with van der Waals surface area (Å²) in [5.41, 5.74) is 0.237. The molecular weight excluding hydrogens is 351 g/mol. The molecule has 0 fully saturated rings. The van der Waals surface area contributed by atoms with E-state index in [0.29, 0.717) is 23.4 Å². The van der Waals surface area contributed by atoms with Crippen molar-refractivity contribution < 1.29 is 18.4 Å². The average molecular weight is 366 g/mol. The molecule has 0 saturated carbocycles. The molecule has 1 aliphatic rings. The largest absolute Gasteiger partial charge is 0.469 e. The van der Waals surface area contributed by atoms with E-state index in [1.807, 2.05) is 0 Å². The van der Waals surface area contributed by atoms with Gasteiger partial charge in [-0.25, -0.2) is 4.39 Å². The number of H-pyrrole nitrogens is 1. The molecule has 0 radical (unpaired) electrons. The topological polar surface area (TPSA) is 92.2 Å². The molecule has 2 aromatic heterocycles. The number of aromatic nitrogens is 1. The van der Waals surface area contributed by atoms with Crippen LogP contribution in [0.3, 0.4) is 0 Å². The first kappa shape index (κ1) is 17.0. The maximum atomic E-state index is 13.3. The van der Waals surface area contributed by atoms with Gasteiger partial charge in [-0.3, -0.25) is 14.4 Å². The van der Waals surface area contributed by atoms with Gasteiger partial charge in [-0.15, -0.1) is 0 Å². The third-order valence-electron chi connectivity index (χ3n) is 4.58. The second-order valence-electron chi connectivity index (χ2n) is 6.41. The maximum absolute atomic E-state index is 13.3. The van der Waals surface area contributed by atoms with Crippen LogP contribution in [-0.2, 0) is 6.42 Å². The number of pyridine rings is 1. The van der Waals surface area contributed by atoms with Crippen LogP contribution >= 0.6 is 0 Å². The van der Waals surface area contributed by atoms with Crippen molar-refractivity contribution in [3.05, 3.63) is 87.5 Å². The van der Waals surface area contributed by atoms with Gasteiger partial charge in [0.15, 0.2) is 5.78 Å². The monoisotopic (exact) mass is 366 g/mol. The number of fused-ring (bicyclic) bond motifs is 1. The number of furan rings is 1. The zero-order valence-corrected chi connectivity index (χ0v) is 14.1. The summed E-state index contributed by atoms with van der Waals surface area (Å²) in [7, 11) is 0. The number of anilines is 1. The van der Waals surface area contributed by atoms with Crippen LogP contribution < -0.4 is 10.9 Å². The van der Waals surface area contributed by atoms with E-state index in [1.54, 1.807) is 12.1 Å². The number of hydrogen-bond acceptors (Lipinski definition) is 4. The van der Waals surface area contributed by atoms with Gasteiger partial charge in [0.05, 0.1) is 6.26 Å². The maximum Gasteiger partial charge on any atom is 0.261 e. The summed E-state index contributed by atoms with van der Waals surface area (Å²) in [4.78, 5) is 40.0. The third kappa shape index (κ3) is 3.31. The highest BCUT2D eigenvalue weighted by Crippen LogP contribution is 2.31. The molecule has 7 heteroatoms. The zero-order chi connectivity index (χ0) is 19.0. The first-order chi connectivity index (χ1) is 13.0. The van der Waals surface area contributed by atoms with Gasteiger partial charge < -0.3 is 14.7 Å². The molecule has 0 aliphatic heterocycles. The fraction of sp³-hybridized carbons (Fsp3) is 0.150. The van der Waals surface area contributed by atoms with Crippen LogP contribution in [0.25, 0.3) is 0 Å². The smallest absolute Gasteiger partial charge is 0.261 e. The molecule has 1 aliphatic carbocycles. The lowest BCUT2D eigenvalue weighted by Crippen LogP contribution is -2.29. The minimum Gasteiger partial charge on any atom is -0.469 e. The molecule has 3 aromatic rings. The normalized spacial score (nSPS) is 16.0. The number of aromatic amines is 1. The summed E-state index contributed by atoms with van der Waals surface area (Å²) in [5, 5.41) is 2.47. The number of rotatable bonds is 3. The van der Waals surface area contributed by atoms with Crippen LogP contribution in [0.2, 0.25) is 0 Å². The van der Waals surface area contributed by atoms with Crippen LogP contribution in [0, 0.1) is 5.82 Å². The van der Waals surface area contributed by atoms with E-state index in [4.69, 9.17) is 4.42 Å². The van der Waals surface area contributed by atoms with Crippen molar-refractivity contribution in [3.8, 4) is 0 Å². The Morgan fingerprint density at radius 1 is 1.15 bits per heavy atom. The van der Waals surface area contributed by atoms with Gasteiger partial charge in [0, 0.05) is 29.3 Å². The number of carbonyl (C=O) groups is 2. The minimum absolute atomic E-state index is 0.150. The molecule has 1 atom stereocenters. The van der Waals surface area contributed by atoms with Gasteiger partial charge in [-0.1, -0.05) is 6.07 Å². The SMILES string of the molecule is O=C1C[C@@H](c2ccco2)Cc2[nH]c(=O)c(C(=O)Nc3cccc(F)c3)cc21. The van der Waals surface area contributed by atoms with Crippen molar-refractivity contribution in [3.63, 3.8) is 0 Å². The first-order valence-corrected chi connectivity index (χ1v) is 8.41. The van der Waals surface area contributed by atoms with Crippen molar-refractivity contribution in [2.75, 3.05) is 5.32 Å². The number of Topliss-reactive ketones (excluding diaryl/α,β-unsaturated/α-hetero) is 1. The molecule has 2 heterocycles. The van der Waals surface area contributed by atoms with E-state index >= 15 is 0 Å². The summed E-state index contributed by atoms with van der Waals surface area (Å²) in [6.07, 6.45) is 2.21. The van der Waals surface area contributed by atoms with Gasteiger partial charge in [0.25, 0.3) is 11.5 Å². The summed E-state index contributed by atoms with van der Waals surface area (Å²) in [5.74, 6) is -0.851. The molecule has 0 unspecified atom stereocenters. The number of nitrogens with one attached hydrogen (secondary N) is 2. The lowest BCUT2D eigenvalue weighted by atomic mass is 9.84. The fourth-order valence-corrected chi connectivity index (χ4v) is 3.29. The highest BCUT2D eigenvalue weighted by molar-refractivity contribution is 6.06. The molecule has 0 bridgehead atoms. The van der Waals surface area contributed by atoms with Crippen molar-refractivity contribution in [2.24, 2.45) is 0 Å². The van der Waals surface area contributed by atoms with E-state index in [0.717, 1.165) is 6.07 Å². The van der Waals surface area contributed by atoms with Gasteiger partial charge >= 0.3 is 0 Å². The van der Waals surface area contributed by atoms with E-state index in [9.17, 15) is 18.8 Å². The standard InChI is InChI=1S/C20H15FN2O4/c21-12-3-1-4-13(9-12)22-19(25)15-10-14-16(23-20(15)26)7-11(8-17(14)24)18-5-2-6-27-18/h1-6,9-11H,7-8H2,(H,22,25)(H,23,26)/t11-/m0/s1. The van der Waals surface area contributed by atoms with Crippen LogP contribution in [0.5, 0.6) is 0 Å². The molecule has 0 saturated heterocycles. The van der Waals surface area contributed by atoms with Gasteiger partial charge in [0.2, 0.25) is 0 Å². The Hall–Kier alpha value is -3.48. The van der Waals surface area contributed by atoms with E-state index in [-0.39, 0.29) is 29.4 Å². The lowest BCUT2D eigenvalue weighted by Gasteiger charge is -2.22. The molecule has 27 heavy (non-hydrogen) atoms. The lowest BCUT2D eigenvalue weighted by molar-refractivity contribution is 0.0959. The Kier molecular flexibility index (Phi) is 4.19. The van der Waals surface area contributed by atoms with Gasteiger partial charge in [0.1, 0.15) is 17.1 Å². The van der Waals surface area contributed by atoms with E-state index < -0.39 is 17.3 Å². The Balaban J connectivity index is 1.63. The quantitative estimate of drug-likeness (QED) is 0.744. The molecular formula is C20H15FN2O4. The highest BCUT2D eigenvalue weighted by Gasteiger charge is 2.30. The van der Waals surface area contributed by atoms with E-state index in [2.05, 4.69) is 10.3 Å². The Labute approximate surface area is 153 Å². The molecule has 1 aromatic carbocycles. The number of ketones is 1. The molecule has 136 valence electrons. The number of carbonyl (C=O) groups excluding carboxylic acids is 2. The van der Waals surface area contributed by atoms with Crippen LogP contribution in [0.4, 0.5) is 10.1 Å². The van der Waals surface area contributed by atoms with Gasteiger partial charge in [-0.05, 0) is 42.8 Å². The summed E-state index contributed by atoms with van der Waals surface area (Å²) < 4.78 is 18.6.